The van der Waals surface area contributed by atoms with Gasteiger partial charge in [0.25, 0.3) is 10.0 Å². The molecule has 11 nitrogen and oxygen atoms in total. The number of hydrogen-bond donors (Lipinski definition) is 1. The van der Waals surface area contributed by atoms with E-state index in [1.54, 1.807) is 43.6 Å². The van der Waals surface area contributed by atoms with Gasteiger partial charge in [-0.3, -0.25) is 4.72 Å². The number of thiophene rings is 1. The number of rotatable bonds is 8. The molecule has 13 heteroatoms. The fourth-order valence-electron chi connectivity index (χ4n) is 3.90. The Morgan fingerprint density at radius 1 is 1.10 bits per heavy atom. The molecule has 1 fully saturated rings. The van der Waals surface area contributed by atoms with Gasteiger partial charge in [0.15, 0.2) is 11.6 Å². The monoisotopic (exact) mass is 567 g/mol. The van der Waals surface area contributed by atoms with Crippen LogP contribution >= 0.6 is 11.3 Å². The highest BCUT2D eigenvalue weighted by molar-refractivity contribution is 7.93. The Bertz CT molecular complexity index is 1610. The highest BCUT2D eigenvalue weighted by Gasteiger charge is 2.22. The van der Waals surface area contributed by atoms with Crippen LogP contribution in [0.15, 0.2) is 59.6 Å². The molecule has 1 N–H and O–H groups in total. The van der Waals surface area contributed by atoms with Crippen molar-refractivity contribution in [2.45, 2.75) is 4.90 Å². The normalized spacial score (nSPS) is 14.1. The lowest BCUT2D eigenvalue weighted by atomic mass is 10.2. The first-order valence-corrected chi connectivity index (χ1v) is 14.2. The van der Waals surface area contributed by atoms with Crippen LogP contribution in [-0.2, 0) is 24.3 Å². The summed E-state index contributed by atoms with van der Waals surface area (Å²) in [7, 11) is -1.05. The summed E-state index contributed by atoms with van der Waals surface area (Å²) in [5, 5.41) is 0.411. The lowest BCUT2D eigenvalue weighted by Gasteiger charge is -2.28. The molecule has 0 bridgehead atoms. The fraction of sp³-hybridized carbons (Fsp3) is 0.231. The summed E-state index contributed by atoms with van der Waals surface area (Å²) in [5.41, 5.74) is 1.98. The second kappa shape index (κ2) is 11.4. The highest BCUT2D eigenvalue weighted by Crippen LogP contribution is 2.37. The summed E-state index contributed by atoms with van der Waals surface area (Å²) in [6.07, 6.45) is 4.45. The quantitative estimate of drug-likeness (QED) is 0.249. The van der Waals surface area contributed by atoms with Gasteiger partial charge in [-0.2, -0.15) is 0 Å². The van der Waals surface area contributed by atoms with Crippen molar-refractivity contribution in [2.75, 3.05) is 50.1 Å². The van der Waals surface area contributed by atoms with Crippen molar-refractivity contribution in [1.29, 1.82) is 0 Å². The lowest BCUT2D eigenvalue weighted by Crippen LogP contribution is -2.36. The second-order valence-electron chi connectivity index (χ2n) is 8.42. The number of hydrogen-bond acceptors (Lipinski definition) is 11. The van der Waals surface area contributed by atoms with Crippen LogP contribution < -0.4 is 14.4 Å². The van der Waals surface area contributed by atoms with Gasteiger partial charge in [-0.1, -0.05) is 12.1 Å². The number of morpholine rings is 1. The number of aromatic nitrogens is 3. The smallest absolute Gasteiger partial charge is 0.330 e. The van der Waals surface area contributed by atoms with Crippen LogP contribution in [-0.4, -0.2) is 69.9 Å². The van der Waals surface area contributed by atoms with Crippen molar-refractivity contribution < 1.29 is 27.4 Å². The molecule has 0 saturated carbocycles. The van der Waals surface area contributed by atoms with Crippen molar-refractivity contribution in [3.05, 3.63) is 60.3 Å². The Morgan fingerprint density at radius 3 is 2.54 bits per heavy atom. The average molecular weight is 568 g/mol. The van der Waals surface area contributed by atoms with Crippen molar-refractivity contribution in [3.8, 4) is 17.3 Å². The summed E-state index contributed by atoms with van der Waals surface area (Å²) >= 11 is 1.27. The maximum Gasteiger partial charge on any atom is 0.330 e. The van der Waals surface area contributed by atoms with E-state index in [0.717, 1.165) is 4.70 Å². The van der Waals surface area contributed by atoms with Gasteiger partial charge >= 0.3 is 5.97 Å². The molecular weight excluding hydrogens is 542 g/mol. The third-order valence-electron chi connectivity index (χ3n) is 5.91. The Hall–Kier alpha value is -4.07. The van der Waals surface area contributed by atoms with E-state index in [2.05, 4.69) is 19.3 Å². The Morgan fingerprint density at radius 2 is 1.87 bits per heavy atom. The van der Waals surface area contributed by atoms with E-state index >= 15 is 0 Å². The largest absolute Gasteiger partial charge is 0.481 e. The molecule has 0 aliphatic carbocycles. The number of carbonyl (C=O) groups excluding carboxylic acids is 1. The molecule has 5 rings (SSSR count). The second-order valence-corrected chi connectivity index (χ2v) is 11.2. The summed E-state index contributed by atoms with van der Waals surface area (Å²) in [6, 6.07) is 11.4. The number of fused-ring (bicyclic) bond motifs is 1. The minimum absolute atomic E-state index is 0.0830. The van der Waals surface area contributed by atoms with Crippen LogP contribution in [0.4, 0.5) is 10.8 Å². The fourth-order valence-corrected chi connectivity index (χ4v) is 6.20. The number of nitrogens with zero attached hydrogens (tertiary/aromatic N) is 4. The predicted molar refractivity (Wildman–Crippen MR) is 149 cm³/mol. The lowest BCUT2D eigenvalue weighted by molar-refractivity contribution is -0.134. The van der Waals surface area contributed by atoms with Gasteiger partial charge in [0.2, 0.25) is 5.88 Å². The third kappa shape index (κ3) is 6.00. The zero-order valence-electron chi connectivity index (χ0n) is 21.2. The summed E-state index contributed by atoms with van der Waals surface area (Å²) in [6.45, 7) is 2.45. The van der Waals surface area contributed by atoms with Crippen LogP contribution in [0.1, 0.15) is 5.56 Å². The van der Waals surface area contributed by atoms with E-state index in [1.165, 1.54) is 36.7 Å². The first-order valence-electron chi connectivity index (χ1n) is 11.9. The van der Waals surface area contributed by atoms with Crippen LogP contribution in [0.2, 0.25) is 0 Å². The predicted octanol–water partition coefficient (Wildman–Crippen LogP) is 3.59. The van der Waals surface area contributed by atoms with Crippen LogP contribution in [0.25, 0.3) is 27.7 Å². The van der Waals surface area contributed by atoms with E-state index in [4.69, 9.17) is 19.4 Å². The van der Waals surface area contributed by atoms with E-state index < -0.39 is 16.0 Å². The van der Waals surface area contributed by atoms with E-state index in [9.17, 15) is 13.2 Å². The van der Waals surface area contributed by atoms with Crippen molar-refractivity contribution in [3.63, 3.8) is 0 Å². The van der Waals surface area contributed by atoms with Crippen molar-refractivity contribution in [2.24, 2.45) is 0 Å². The number of pyridine rings is 1. The Labute approximate surface area is 229 Å². The summed E-state index contributed by atoms with van der Waals surface area (Å²) in [5.74, 6) is 1.17. The zero-order valence-corrected chi connectivity index (χ0v) is 22.8. The maximum absolute atomic E-state index is 13.2. The molecule has 0 atom stereocenters. The van der Waals surface area contributed by atoms with Crippen LogP contribution in [0.3, 0.4) is 0 Å². The van der Waals surface area contributed by atoms with E-state index in [-0.39, 0.29) is 4.90 Å². The van der Waals surface area contributed by atoms with Gasteiger partial charge in [0, 0.05) is 37.0 Å². The number of ether oxygens (including phenoxy) is 3. The van der Waals surface area contributed by atoms with Crippen LogP contribution in [0, 0.1) is 0 Å². The van der Waals surface area contributed by atoms with Crippen molar-refractivity contribution in [1.82, 2.24) is 15.0 Å². The van der Waals surface area contributed by atoms with E-state index in [0.29, 0.717) is 65.5 Å². The summed E-state index contributed by atoms with van der Waals surface area (Å²) in [4.78, 5) is 27.3. The minimum Gasteiger partial charge on any atom is -0.481 e. The molecule has 0 amide bonds. The van der Waals surface area contributed by atoms with Gasteiger partial charge in [-0.25, -0.2) is 28.2 Å². The van der Waals surface area contributed by atoms with Gasteiger partial charge in [0.05, 0.1) is 42.5 Å². The number of sulfonamides is 1. The third-order valence-corrected chi connectivity index (χ3v) is 8.45. The molecule has 1 aliphatic rings. The molecule has 3 aromatic heterocycles. The number of carbonyl (C=O) groups is 1. The molecule has 4 aromatic rings. The van der Waals surface area contributed by atoms with E-state index in [1.807, 2.05) is 6.07 Å². The number of esters is 1. The maximum atomic E-state index is 13.2. The molecular formula is C26H25N5O6S2. The first kappa shape index (κ1) is 26.5. The zero-order chi connectivity index (χ0) is 27.4. The Kier molecular flexibility index (Phi) is 7.72. The molecule has 0 unspecified atom stereocenters. The molecule has 4 heterocycles. The average Bonchev–Trinajstić information content (AvgIpc) is 3.37. The number of benzene rings is 1. The molecule has 0 spiro atoms. The molecule has 202 valence electrons. The summed E-state index contributed by atoms with van der Waals surface area (Å²) < 4.78 is 45.0. The standard InChI is InChI=1S/C26H25N5O6S2/c1-35-21-9-6-18(16-27-21)25-28-20-15-22(38-24(20)26(29-25)31-11-13-37-14-12-31)30-39(33,34)19-7-3-17(4-8-19)5-10-23(32)36-2/h3-10,15-16,30H,11-14H2,1-2H3/b10-5+. The van der Waals surface area contributed by atoms with Gasteiger partial charge in [-0.15, -0.1) is 11.3 Å². The number of anilines is 2. The molecule has 1 aromatic carbocycles. The number of nitrogens with one attached hydrogen (secondary N) is 1. The van der Waals surface area contributed by atoms with Gasteiger partial charge < -0.3 is 19.1 Å². The minimum atomic E-state index is -3.88. The highest BCUT2D eigenvalue weighted by atomic mass is 32.2. The Balaban J connectivity index is 1.47. The number of methoxy groups -OCH3 is 2. The van der Waals surface area contributed by atoms with Gasteiger partial charge in [0.1, 0.15) is 5.00 Å². The van der Waals surface area contributed by atoms with Crippen molar-refractivity contribution >= 4 is 54.4 Å². The molecule has 1 saturated heterocycles. The molecule has 0 radical (unpaired) electrons. The SMILES string of the molecule is COC(=O)/C=C/c1ccc(S(=O)(=O)Nc2cc3nc(-c4ccc(OC)nc4)nc(N4CCOCC4)c3s2)cc1. The first-order chi connectivity index (χ1) is 18.9. The topological polar surface area (TPSA) is 133 Å². The van der Waals surface area contributed by atoms with Gasteiger partial charge in [-0.05, 0) is 35.9 Å². The molecule has 39 heavy (non-hydrogen) atoms. The molecule has 1 aliphatic heterocycles. The van der Waals surface area contributed by atoms with Crippen LogP contribution in [0.5, 0.6) is 5.88 Å².